The molecule has 1 aliphatic carbocycles. The molecule has 2 atom stereocenters. The summed E-state index contributed by atoms with van der Waals surface area (Å²) in [6.07, 6.45) is 9.89. The molecule has 0 spiro atoms. The Hall–Kier alpha value is -0.120. The molecule has 0 amide bonds. The largest absolute Gasteiger partial charge is 0.379 e. The predicted octanol–water partition coefficient (Wildman–Crippen LogP) is 2.31. The zero-order valence-corrected chi connectivity index (χ0v) is 11.9. The minimum atomic E-state index is 0.552. The summed E-state index contributed by atoms with van der Waals surface area (Å²) in [5.74, 6) is 1.04. The fourth-order valence-electron chi connectivity index (χ4n) is 3.32. The van der Waals surface area contributed by atoms with Gasteiger partial charge in [0.15, 0.2) is 0 Å². The molecule has 2 fully saturated rings. The Kier molecular flexibility index (Phi) is 6.46. The van der Waals surface area contributed by atoms with E-state index in [9.17, 15) is 0 Å². The molecule has 1 saturated carbocycles. The Morgan fingerprint density at radius 2 is 2.17 bits per heavy atom. The summed E-state index contributed by atoms with van der Waals surface area (Å²) in [6, 6.07) is 1.16. The van der Waals surface area contributed by atoms with E-state index in [1.165, 1.54) is 51.5 Å². The summed E-state index contributed by atoms with van der Waals surface area (Å²) in [6.45, 7) is 6.25. The monoisotopic (exact) mass is 254 g/mol. The normalized spacial score (nSPS) is 27.5. The molecule has 106 valence electrons. The summed E-state index contributed by atoms with van der Waals surface area (Å²) in [5.41, 5.74) is 0. The van der Waals surface area contributed by atoms with Crippen LogP contribution in [0.3, 0.4) is 0 Å². The van der Waals surface area contributed by atoms with E-state index >= 15 is 0 Å². The molecule has 2 rings (SSSR count). The molecule has 3 heteroatoms. The standard InChI is InChI=1S/C15H30N2O/c1-13(11-15-12-18-10-9-17-15)16-8-4-7-14-5-2-3-6-14/h13-17H,2-12H2,1H3. The van der Waals surface area contributed by atoms with Crippen LogP contribution in [0.2, 0.25) is 0 Å². The molecular formula is C15H30N2O. The molecule has 0 radical (unpaired) electrons. The molecule has 0 aromatic carbocycles. The highest BCUT2D eigenvalue weighted by Gasteiger charge is 2.16. The number of nitrogens with one attached hydrogen (secondary N) is 2. The van der Waals surface area contributed by atoms with Crippen molar-refractivity contribution in [2.75, 3.05) is 26.3 Å². The van der Waals surface area contributed by atoms with E-state index in [1.807, 2.05) is 0 Å². The van der Waals surface area contributed by atoms with Gasteiger partial charge in [-0.25, -0.2) is 0 Å². The molecule has 2 unspecified atom stereocenters. The second-order valence-corrected chi connectivity index (χ2v) is 6.11. The lowest BCUT2D eigenvalue weighted by Crippen LogP contribution is -2.45. The number of hydrogen-bond donors (Lipinski definition) is 2. The van der Waals surface area contributed by atoms with Crippen molar-refractivity contribution in [3.8, 4) is 0 Å². The zero-order chi connectivity index (χ0) is 12.6. The summed E-state index contributed by atoms with van der Waals surface area (Å²) in [4.78, 5) is 0. The molecule has 1 heterocycles. The lowest BCUT2D eigenvalue weighted by molar-refractivity contribution is 0.0712. The Morgan fingerprint density at radius 1 is 1.33 bits per heavy atom. The average molecular weight is 254 g/mol. The molecule has 0 bridgehead atoms. The first kappa shape index (κ1) is 14.3. The first-order chi connectivity index (χ1) is 8.84. The van der Waals surface area contributed by atoms with Crippen molar-refractivity contribution in [1.82, 2.24) is 10.6 Å². The Balaban J connectivity index is 1.47. The molecule has 2 N–H and O–H groups in total. The molecule has 0 aromatic heterocycles. The van der Waals surface area contributed by atoms with Gasteiger partial charge in [-0.05, 0) is 38.6 Å². The van der Waals surface area contributed by atoms with Crippen molar-refractivity contribution in [3.63, 3.8) is 0 Å². The van der Waals surface area contributed by atoms with Crippen LogP contribution in [0.15, 0.2) is 0 Å². The summed E-state index contributed by atoms with van der Waals surface area (Å²) in [7, 11) is 0. The van der Waals surface area contributed by atoms with Crippen molar-refractivity contribution in [1.29, 1.82) is 0 Å². The van der Waals surface area contributed by atoms with E-state index < -0.39 is 0 Å². The van der Waals surface area contributed by atoms with Gasteiger partial charge in [0.2, 0.25) is 0 Å². The average Bonchev–Trinajstić information content (AvgIpc) is 2.89. The third kappa shape index (κ3) is 5.25. The third-order valence-electron chi connectivity index (χ3n) is 4.39. The van der Waals surface area contributed by atoms with E-state index in [1.54, 1.807) is 0 Å². The Labute approximate surface area is 112 Å². The SMILES string of the molecule is CC(CC1COCCN1)NCCCC1CCCC1. The van der Waals surface area contributed by atoms with Crippen LogP contribution in [0.1, 0.15) is 51.9 Å². The lowest BCUT2D eigenvalue weighted by atomic mass is 10.0. The van der Waals surface area contributed by atoms with Gasteiger partial charge in [-0.1, -0.05) is 25.7 Å². The minimum Gasteiger partial charge on any atom is -0.379 e. The third-order valence-corrected chi connectivity index (χ3v) is 4.39. The highest BCUT2D eigenvalue weighted by atomic mass is 16.5. The van der Waals surface area contributed by atoms with Crippen molar-refractivity contribution in [3.05, 3.63) is 0 Å². The first-order valence-electron chi connectivity index (χ1n) is 7.89. The van der Waals surface area contributed by atoms with Gasteiger partial charge in [0.1, 0.15) is 0 Å². The molecule has 18 heavy (non-hydrogen) atoms. The van der Waals surface area contributed by atoms with Crippen LogP contribution in [-0.4, -0.2) is 38.4 Å². The first-order valence-corrected chi connectivity index (χ1v) is 7.89. The van der Waals surface area contributed by atoms with E-state index in [2.05, 4.69) is 17.6 Å². The van der Waals surface area contributed by atoms with Gasteiger partial charge in [0.25, 0.3) is 0 Å². The van der Waals surface area contributed by atoms with Crippen LogP contribution < -0.4 is 10.6 Å². The minimum absolute atomic E-state index is 0.552. The van der Waals surface area contributed by atoms with Gasteiger partial charge in [0.05, 0.1) is 13.2 Å². The van der Waals surface area contributed by atoms with Gasteiger partial charge in [-0.15, -0.1) is 0 Å². The van der Waals surface area contributed by atoms with Crippen molar-refractivity contribution in [2.24, 2.45) is 5.92 Å². The number of ether oxygens (including phenoxy) is 1. The van der Waals surface area contributed by atoms with Crippen LogP contribution in [0.4, 0.5) is 0 Å². The van der Waals surface area contributed by atoms with Gasteiger partial charge >= 0.3 is 0 Å². The van der Waals surface area contributed by atoms with Crippen molar-refractivity contribution < 1.29 is 4.74 Å². The maximum absolute atomic E-state index is 5.49. The quantitative estimate of drug-likeness (QED) is 0.684. The molecular weight excluding hydrogens is 224 g/mol. The number of morpholine rings is 1. The topological polar surface area (TPSA) is 33.3 Å². The molecule has 3 nitrogen and oxygen atoms in total. The molecule has 1 aliphatic heterocycles. The molecule has 2 aliphatic rings. The Bertz CT molecular complexity index is 211. The predicted molar refractivity (Wildman–Crippen MR) is 75.9 cm³/mol. The second kappa shape index (κ2) is 8.13. The van der Waals surface area contributed by atoms with Crippen molar-refractivity contribution in [2.45, 2.75) is 64.0 Å². The lowest BCUT2D eigenvalue weighted by Gasteiger charge is -2.26. The van der Waals surface area contributed by atoms with Crippen molar-refractivity contribution >= 4 is 0 Å². The molecule has 1 saturated heterocycles. The highest BCUT2D eigenvalue weighted by molar-refractivity contribution is 4.76. The zero-order valence-electron chi connectivity index (χ0n) is 11.9. The van der Waals surface area contributed by atoms with E-state index in [4.69, 9.17) is 4.74 Å². The Morgan fingerprint density at radius 3 is 2.89 bits per heavy atom. The fraction of sp³-hybridized carbons (Fsp3) is 1.00. The maximum Gasteiger partial charge on any atom is 0.0620 e. The van der Waals surface area contributed by atoms with Crippen LogP contribution in [0.5, 0.6) is 0 Å². The van der Waals surface area contributed by atoms with E-state index in [-0.39, 0.29) is 0 Å². The van der Waals surface area contributed by atoms with E-state index in [0.29, 0.717) is 12.1 Å². The van der Waals surface area contributed by atoms with Crippen LogP contribution >= 0.6 is 0 Å². The number of hydrogen-bond acceptors (Lipinski definition) is 3. The summed E-state index contributed by atoms with van der Waals surface area (Å²) in [5, 5.41) is 7.18. The van der Waals surface area contributed by atoms with E-state index in [0.717, 1.165) is 25.7 Å². The summed E-state index contributed by atoms with van der Waals surface area (Å²) >= 11 is 0. The fourth-order valence-corrected chi connectivity index (χ4v) is 3.32. The maximum atomic E-state index is 5.49. The van der Waals surface area contributed by atoms with Crippen LogP contribution in [0, 0.1) is 5.92 Å². The summed E-state index contributed by atoms with van der Waals surface area (Å²) < 4.78 is 5.49. The molecule has 0 aromatic rings. The van der Waals surface area contributed by atoms with Gasteiger partial charge in [-0.2, -0.15) is 0 Å². The van der Waals surface area contributed by atoms with Crippen LogP contribution in [-0.2, 0) is 4.74 Å². The second-order valence-electron chi connectivity index (χ2n) is 6.11. The van der Waals surface area contributed by atoms with Gasteiger partial charge < -0.3 is 15.4 Å². The number of rotatable bonds is 7. The smallest absolute Gasteiger partial charge is 0.0620 e. The van der Waals surface area contributed by atoms with Gasteiger partial charge in [-0.3, -0.25) is 0 Å². The van der Waals surface area contributed by atoms with Crippen LogP contribution in [0.25, 0.3) is 0 Å². The highest BCUT2D eigenvalue weighted by Crippen LogP contribution is 2.28. The van der Waals surface area contributed by atoms with Gasteiger partial charge in [0, 0.05) is 18.6 Å².